The van der Waals surface area contributed by atoms with Crippen LogP contribution in [0.15, 0.2) is 82.6 Å². The average Bonchev–Trinajstić information content (AvgIpc) is 2.97. The van der Waals surface area contributed by atoms with Crippen LogP contribution in [0.5, 0.6) is 0 Å². The topological polar surface area (TPSA) is 71.3 Å². The molecule has 0 saturated carbocycles. The van der Waals surface area contributed by atoms with Gasteiger partial charge in [-0.2, -0.15) is 4.98 Å². The van der Waals surface area contributed by atoms with E-state index in [9.17, 15) is 4.79 Å². The number of carbonyl (C=O) groups is 1. The van der Waals surface area contributed by atoms with Crippen LogP contribution in [-0.2, 0) is 4.79 Å². The number of aromatic nitrogens is 2. The number of allylic oxidation sites excluding steroid dienone is 3. The third-order valence-electron chi connectivity index (χ3n) is 4.46. The Kier molecular flexibility index (Phi) is 4.76. The van der Waals surface area contributed by atoms with Crippen LogP contribution >= 0.6 is 0 Å². The molecule has 4 rings (SSSR count). The smallest absolute Gasteiger partial charge is 0.255 e. The number of hydrogen-bond acceptors (Lipinski definition) is 5. The summed E-state index contributed by atoms with van der Waals surface area (Å²) in [4.78, 5) is 23.3. The summed E-state index contributed by atoms with van der Waals surface area (Å²) in [5.41, 5.74) is 4.42. The fraction of sp³-hybridized carbons (Fsp3) is 0.136. The molecule has 3 aromatic rings. The molecule has 0 radical (unpaired) electrons. The van der Waals surface area contributed by atoms with Crippen molar-refractivity contribution in [3.05, 3.63) is 78.2 Å². The van der Waals surface area contributed by atoms with Crippen molar-refractivity contribution in [3.8, 4) is 11.5 Å². The molecule has 2 heterocycles. The van der Waals surface area contributed by atoms with Crippen LogP contribution in [-0.4, -0.2) is 34.9 Å². The fourth-order valence-electron chi connectivity index (χ4n) is 2.94. The molecule has 0 unspecified atom stereocenters. The van der Waals surface area contributed by atoms with Crippen molar-refractivity contribution in [1.82, 2.24) is 14.9 Å². The Balaban J connectivity index is 1.53. The van der Waals surface area contributed by atoms with Crippen LogP contribution < -0.4 is 5.32 Å². The Bertz CT molecular complexity index is 1090. The SMILES string of the molecule is CN(C)C1=CC=CC(C(=O)Nc2cccc(-c3nc4ncccc4o3)c2)=CC1. The molecule has 1 aromatic carbocycles. The van der Waals surface area contributed by atoms with Gasteiger partial charge in [-0.15, -0.1) is 0 Å². The second-order valence-electron chi connectivity index (χ2n) is 6.65. The number of fused-ring (bicyclic) bond motifs is 1. The maximum absolute atomic E-state index is 12.7. The van der Waals surface area contributed by atoms with Crippen molar-refractivity contribution in [2.24, 2.45) is 0 Å². The number of amides is 1. The quantitative estimate of drug-likeness (QED) is 0.745. The zero-order valence-corrected chi connectivity index (χ0v) is 15.7. The van der Waals surface area contributed by atoms with Gasteiger partial charge in [0.2, 0.25) is 5.89 Å². The molecule has 1 aliphatic rings. The van der Waals surface area contributed by atoms with Crippen molar-refractivity contribution >= 4 is 22.8 Å². The molecule has 6 heteroatoms. The van der Waals surface area contributed by atoms with Gasteiger partial charge in [0.1, 0.15) is 0 Å². The van der Waals surface area contributed by atoms with Crippen LogP contribution in [0.2, 0.25) is 0 Å². The third kappa shape index (κ3) is 3.71. The minimum atomic E-state index is -0.152. The van der Waals surface area contributed by atoms with E-state index in [4.69, 9.17) is 4.42 Å². The second kappa shape index (κ2) is 7.52. The van der Waals surface area contributed by atoms with Gasteiger partial charge in [0.05, 0.1) is 0 Å². The van der Waals surface area contributed by atoms with E-state index in [2.05, 4.69) is 15.3 Å². The number of rotatable bonds is 4. The molecule has 0 bridgehead atoms. The van der Waals surface area contributed by atoms with E-state index in [-0.39, 0.29) is 5.91 Å². The molecule has 1 N–H and O–H groups in total. The average molecular weight is 372 g/mol. The summed E-state index contributed by atoms with van der Waals surface area (Å²) < 4.78 is 5.76. The number of pyridine rings is 1. The second-order valence-corrected chi connectivity index (χ2v) is 6.65. The van der Waals surface area contributed by atoms with E-state index in [1.807, 2.05) is 73.6 Å². The summed E-state index contributed by atoms with van der Waals surface area (Å²) in [7, 11) is 3.98. The van der Waals surface area contributed by atoms with Crippen molar-refractivity contribution in [1.29, 1.82) is 0 Å². The van der Waals surface area contributed by atoms with Crippen molar-refractivity contribution < 1.29 is 9.21 Å². The first kappa shape index (κ1) is 17.7. The number of benzene rings is 1. The van der Waals surface area contributed by atoms with Gasteiger partial charge in [0.25, 0.3) is 5.91 Å². The van der Waals surface area contributed by atoms with Crippen LogP contribution in [0, 0.1) is 0 Å². The van der Waals surface area contributed by atoms with E-state index in [0.29, 0.717) is 34.8 Å². The standard InChI is InChI=1S/C22H20N4O2/c1-26(2)18-9-4-6-15(11-12-18)21(27)24-17-8-3-7-16(14-17)22-25-20-19(28-22)10-5-13-23-20/h3-11,13-14H,12H2,1-2H3,(H,24,27). The Labute approximate surface area is 162 Å². The van der Waals surface area contributed by atoms with Crippen LogP contribution in [0.1, 0.15) is 6.42 Å². The lowest BCUT2D eigenvalue weighted by Crippen LogP contribution is -2.14. The number of hydrogen-bond donors (Lipinski definition) is 1. The van der Waals surface area contributed by atoms with Gasteiger partial charge in [-0.05, 0) is 42.5 Å². The predicted octanol–water partition coefficient (Wildman–Crippen LogP) is 4.16. The summed E-state index contributed by atoms with van der Waals surface area (Å²) in [5, 5.41) is 2.95. The van der Waals surface area contributed by atoms with Crippen molar-refractivity contribution in [2.45, 2.75) is 6.42 Å². The number of nitrogens with one attached hydrogen (secondary N) is 1. The highest BCUT2D eigenvalue weighted by Gasteiger charge is 2.12. The zero-order valence-electron chi connectivity index (χ0n) is 15.7. The van der Waals surface area contributed by atoms with E-state index in [0.717, 1.165) is 11.3 Å². The maximum atomic E-state index is 12.7. The van der Waals surface area contributed by atoms with Gasteiger partial charge in [-0.25, -0.2) is 4.98 Å². The van der Waals surface area contributed by atoms with Gasteiger partial charge in [-0.3, -0.25) is 4.79 Å². The first-order chi connectivity index (χ1) is 13.6. The Morgan fingerprint density at radius 1 is 1.21 bits per heavy atom. The van der Waals surface area contributed by atoms with E-state index >= 15 is 0 Å². The number of oxazole rings is 1. The Morgan fingerprint density at radius 3 is 2.93 bits per heavy atom. The number of nitrogens with zero attached hydrogens (tertiary/aromatic N) is 3. The molecule has 28 heavy (non-hydrogen) atoms. The minimum Gasteiger partial charge on any atom is -0.434 e. The summed E-state index contributed by atoms with van der Waals surface area (Å²) in [6.45, 7) is 0. The van der Waals surface area contributed by atoms with Gasteiger partial charge in [-0.1, -0.05) is 18.2 Å². The highest BCUT2D eigenvalue weighted by molar-refractivity contribution is 6.06. The Hall–Kier alpha value is -3.67. The van der Waals surface area contributed by atoms with Crippen molar-refractivity contribution in [3.63, 3.8) is 0 Å². The molecule has 6 nitrogen and oxygen atoms in total. The van der Waals surface area contributed by atoms with E-state index < -0.39 is 0 Å². The minimum absolute atomic E-state index is 0.152. The lowest BCUT2D eigenvalue weighted by molar-refractivity contribution is -0.112. The lowest BCUT2D eigenvalue weighted by atomic mass is 10.1. The van der Waals surface area contributed by atoms with E-state index in [1.54, 1.807) is 12.3 Å². The van der Waals surface area contributed by atoms with Crippen LogP contribution in [0.25, 0.3) is 22.7 Å². The summed E-state index contributed by atoms with van der Waals surface area (Å²) in [6.07, 6.45) is 10.0. The van der Waals surface area contributed by atoms with Gasteiger partial charge in [0.15, 0.2) is 11.2 Å². The molecule has 1 amide bonds. The molecule has 0 aliphatic heterocycles. The molecular formula is C22H20N4O2. The highest BCUT2D eigenvalue weighted by Crippen LogP contribution is 2.25. The summed E-state index contributed by atoms with van der Waals surface area (Å²) in [5.74, 6) is 0.319. The summed E-state index contributed by atoms with van der Waals surface area (Å²) >= 11 is 0. The molecule has 2 aromatic heterocycles. The van der Waals surface area contributed by atoms with E-state index in [1.165, 1.54) is 0 Å². The third-order valence-corrected chi connectivity index (χ3v) is 4.46. The summed E-state index contributed by atoms with van der Waals surface area (Å²) in [6, 6.07) is 11.1. The molecule has 140 valence electrons. The number of anilines is 1. The maximum Gasteiger partial charge on any atom is 0.255 e. The molecule has 1 aliphatic carbocycles. The fourth-order valence-corrected chi connectivity index (χ4v) is 2.94. The normalized spacial score (nSPS) is 13.6. The molecule has 0 spiro atoms. The van der Waals surface area contributed by atoms with Crippen molar-refractivity contribution in [2.75, 3.05) is 19.4 Å². The zero-order chi connectivity index (χ0) is 19.5. The monoisotopic (exact) mass is 372 g/mol. The largest absolute Gasteiger partial charge is 0.434 e. The lowest BCUT2D eigenvalue weighted by Gasteiger charge is -2.14. The first-order valence-electron chi connectivity index (χ1n) is 8.98. The van der Waals surface area contributed by atoms with Crippen LogP contribution in [0.3, 0.4) is 0 Å². The van der Waals surface area contributed by atoms with Gasteiger partial charge >= 0.3 is 0 Å². The van der Waals surface area contributed by atoms with Gasteiger partial charge < -0.3 is 14.6 Å². The molecule has 0 atom stereocenters. The predicted molar refractivity (Wildman–Crippen MR) is 109 cm³/mol. The highest BCUT2D eigenvalue weighted by atomic mass is 16.3. The van der Waals surface area contributed by atoms with Crippen LogP contribution in [0.4, 0.5) is 5.69 Å². The molecule has 0 saturated heterocycles. The Morgan fingerprint density at radius 2 is 2.11 bits per heavy atom. The molecule has 0 fully saturated rings. The first-order valence-corrected chi connectivity index (χ1v) is 8.98. The molecular weight excluding hydrogens is 352 g/mol. The van der Waals surface area contributed by atoms with Gasteiger partial charge in [0, 0.05) is 49.2 Å². The number of carbonyl (C=O) groups excluding carboxylic acids is 1.